The Kier molecular flexibility index (Phi) is 6.16. The zero-order valence-electron chi connectivity index (χ0n) is 14.0. The number of carbonyl (C=O) groups is 2. The first-order valence-electron chi connectivity index (χ1n) is 8.51. The van der Waals surface area contributed by atoms with Gasteiger partial charge >= 0.3 is 5.97 Å². The van der Waals surface area contributed by atoms with Crippen LogP contribution in [0.15, 0.2) is 21.2 Å². The highest BCUT2D eigenvalue weighted by Gasteiger charge is 2.17. The van der Waals surface area contributed by atoms with E-state index in [1.807, 2.05) is 16.8 Å². The lowest BCUT2D eigenvalue weighted by molar-refractivity contribution is -0.152. The van der Waals surface area contributed by atoms with Gasteiger partial charge in [0, 0.05) is 30.5 Å². The summed E-state index contributed by atoms with van der Waals surface area (Å²) in [5.41, 5.74) is 0.870. The van der Waals surface area contributed by atoms with E-state index in [0.29, 0.717) is 18.2 Å². The molecule has 1 aliphatic rings. The van der Waals surface area contributed by atoms with Crippen molar-refractivity contribution in [3.63, 3.8) is 0 Å². The standard InChI is InChI=1S/C17H21N3O4S/c21-15(20-8-3-1-2-4-9-20)11-23-16(22)6-5-14-18-19-17(24-14)13-7-10-25-12-13/h7,10,12H,1-6,8-9,11H2. The second-order valence-electron chi connectivity index (χ2n) is 5.97. The van der Waals surface area contributed by atoms with Gasteiger partial charge in [-0.05, 0) is 24.3 Å². The predicted molar refractivity (Wildman–Crippen MR) is 91.9 cm³/mol. The molecule has 3 heterocycles. The van der Waals surface area contributed by atoms with Crippen LogP contribution < -0.4 is 0 Å². The van der Waals surface area contributed by atoms with Crippen molar-refractivity contribution in [2.24, 2.45) is 0 Å². The minimum atomic E-state index is -0.432. The maximum Gasteiger partial charge on any atom is 0.306 e. The molecular weight excluding hydrogens is 342 g/mol. The third kappa shape index (κ3) is 5.12. The lowest BCUT2D eigenvalue weighted by Crippen LogP contribution is -2.35. The molecule has 134 valence electrons. The van der Waals surface area contributed by atoms with Crippen molar-refractivity contribution in [3.8, 4) is 11.5 Å². The van der Waals surface area contributed by atoms with E-state index in [1.54, 1.807) is 16.2 Å². The summed E-state index contributed by atoms with van der Waals surface area (Å²) in [5.74, 6) is 0.282. The van der Waals surface area contributed by atoms with E-state index in [1.165, 1.54) is 0 Å². The molecule has 1 amide bonds. The van der Waals surface area contributed by atoms with E-state index in [0.717, 1.165) is 44.3 Å². The van der Waals surface area contributed by atoms with Crippen molar-refractivity contribution in [1.82, 2.24) is 15.1 Å². The summed E-state index contributed by atoms with van der Waals surface area (Å²) in [6, 6.07) is 1.89. The van der Waals surface area contributed by atoms with Crippen LogP contribution in [0, 0.1) is 0 Å². The second-order valence-corrected chi connectivity index (χ2v) is 6.75. The van der Waals surface area contributed by atoms with Crippen molar-refractivity contribution >= 4 is 23.2 Å². The van der Waals surface area contributed by atoms with Crippen LogP contribution in [0.25, 0.3) is 11.5 Å². The van der Waals surface area contributed by atoms with Crippen molar-refractivity contribution in [3.05, 3.63) is 22.7 Å². The average Bonchev–Trinajstić information content (AvgIpc) is 3.24. The van der Waals surface area contributed by atoms with Crippen molar-refractivity contribution in [1.29, 1.82) is 0 Å². The van der Waals surface area contributed by atoms with E-state index in [-0.39, 0.29) is 18.9 Å². The minimum Gasteiger partial charge on any atom is -0.456 e. The number of aromatic nitrogens is 2. The highest BCUT2D eigenvalue weighted by atomic mass is 32.1. The molecule has 0 bridgehead atoms. The Bertz CT molecular complexity index is 691. The van der Waals surface area contributed by atoms with Gasteiger partial charge in [-0.2, -0.15) is 11.3 Å². The van der Waals surface area contributed by atoms with Gasteiger partial charge in [0.2, 0.25) is 11.8 Å². The molecule has 0 N–H and O–H groups in total. The summed E-state index contributed by atoms with van der Waals surface area (Å²) < 4.78 is 10.6. The van der Waals surface area contributed by atoms with Gasteiger partial charge in [-0.3, -0.25) is 9.59 Å². The van der Waals surface area contributed by atoms with E-state index in [2.05, 4.69) is 10.2 Å². The SMILES string of the molecule is O=C(CCc1nnc(-c2ccsc2)o1)OCC(=O)N1CCCCCC1. The molecule has 2 aromatic heterocycles. The molecule has 0 aromatic carbocycles. The second kappa shape index (κ2) is 8.75. The van der Waals surface area contributed by atoms with Crippen LogP contribution in [0.2, 0.25) is 0 Å². The molecule has 7 nitrogen and oxygen atoms in total. The summed E-state index contributed by atoms with van der Waals surface area (Å²) >= 11 is 1.55. The summed E-state index contributed by atoms with van der Waals surface area (Å²) in [7, 11) is 0. The fourth-order valence-electron chi connectivity index (χ4n) is 2.69. The van der Waals surface area contributed by atoms with E-state index < -0.39 is 5.97 Å². The number of nitrogens with zero attached hydrogens (tertiary/aromatic N) is 3. The van der Waals surface area contributed by atoms with Crippen LogP contribution in [-0.2, 0) is 20.7 Å². The minimum absolute atomic E-state index is 0.110. The van der Waals surface area contributed by atoms with Crippen LogP contribution in [-0.4, -0.2) is 46.7 Å². The molecule has 0 atom stereocenters. The number of rotatable bonds is 6. The maximum absolute atomic E-state index is 12.1. The molecule has 25 heavy (non-hydrogen) atoms. The number of thiophene rings is 1. The van der Waals surface area contributed by atoms with Gasteiger partial charge in [0.1, 0.15) is 0 Å². The maximum atomic E-state index is 12.1. The zero-order valence-corrected chi connectivity index (χ0v) is 14.8. The van der Waals surface area contributed by atoms with Gasteiger partial charge in [-0.1, -0.05) is 12.8 Å². The Morgan fingerprint density at radius 2 is 2.00 bits per heavy atom. The van der Waals surface area contributed by atoms with E-state index in [4.69, 9.17) is 9.15 Å². The van der Waals surface area contributed by atoms with Gasteiger partial charge in [0.05, 0.1) is 6.42 Å². The Balaban J connectivity index is 1.40. The summed E-state index contributed by atoms with van der Waals surface area (Å²) in [4.78, 5) is 25.7. The first-order chi connectivity index (χ1) is 12.2. The third-order valence-corrected chi connectivity index (χ3v) is 4.78. The number of amides is 1. The highest BCUT2D eigenvalue weighted by molar-refractivity contribution is 7.08. The first kappa shape index (κ1) is 17.6. The Labute approximate surface area is 150 Å². The quantitative estimate of drug-likeness (QED) is 0.734. The van der Waals surface area contributed by atoms with Crippen molar-refractivity contribution in [2.75, 3.05) is 19.7 Å². The third-order valence-electron chi connectivity index (χ3n) is 4.09. The van der Waals surface area contributed by atoms with Gasteiger partial charge in [-0.15, -0.1) is 10.2 Å². The molecule has 1 aliphatic heterocycles. The molecule has 1 fully saturated rings. The van der Waals surface area contributed by atoms with Gasteiger partial charge < -0.3 is 14.1 Å². The summed E-state index contributed by atoms with van der Waals surface area (Å²) in [6.45, 7) is 1.32. The average molecular weight is 363 g/mol. The number of ether oxygens (including phenoxy) is 1. The molecule has 1 saturated heterocycles. The normalized spacial score (nSPS) is 15.0. The van der Waals surface area contributed by atoms with Crippen LogP contribution in [0.3, 0.4) is 0 Å². The summed E-state index contributed by atoms with van der Waals surface area (Å²) in [5, 5.41) is 11.7. The van der Waals surface area contributed by atoms with Crippen LogP contribution in [0.1, 0.15) is 38.0 Å². The summed E-state index contributed by atoms with van der Waals surface area (Å²) in [6.07, 6.45) is 4.75. The van der Waals surface area contributed by atoms with Gasteiger partial charge in [-0.25, -0.2) is 0 Å². The fourth-order valence-corrected chi connectivity index (χ4v) is 3.32. The molecule has 8 heteroatoms. The monoisotopic (exact) mass is 363 g/mol. The van der Waals surface area contributed by atoms with Gasteiger partial charge in [0.25, 0.3) is 5.91 Å². The van der Waals surface area contributed by atoms with Crippen molar-refractivity contribution in [2.45, 2.75) is 38.5 Å². The van der Waals surface area contributed by atoms with E-state index >= 15 is 0 Å². The van der Waals surface area contributed by atoms with E-state index in [9.17, 15) is 9.59 Å². The zero-order chi connectivity index (χ0) is 17.5. The molecule has 0 saturated carbocycles. The smallest absolute Gasteiger partial charge is 0.306 e. The number of esters is 1. The number of carbonyl (C=O) groups excluding carboxylic acids is 2. The molecule has 0 spiro atoms. The van der Waals surface area contributed by atoms with Crippen molar-refractivity contribution < 1.29 is 18.7 Å². The Hall–Kier alpha value is -2.22. The topological polar surface area (TPSA) is 85.5 Å². The van der Waals surface area contributed by atoms with Gasteiger partial charge in [0.15, 0.2) is 6.61 Å². The molecular formula is C17H21N3O4S. The first-order valence-corrected chi connectivity index (χ1v) is 9.45. The molecule has 0 unspecified atom stereocenters. The largest absolute Gasteiger partial charge is 0.456 e. The molecule has 0 aliphatic carbocycles. The molecule has 3 rings (SSSR count). The lowest BCUT2D eigenvalue weighted by atomic mass is 10.2. The highest BCUT2D eigenvalue weighted by Crippen LogP contribution is 2.20. The van der Waals surface area contributed by atoms with Crippen LogP contribution in [0.5, 0.6) is 0 Å². The number of hydrogen-bond donors (Lipinski definition) is 0. The number of aryl methyl sites for hydroxylation is 1. The van der Waals surface area contributed by atoms with Crippen LogP contribution >= 0.6 is 11.3 Å². The molecule has 2 aromatic rings. The number of hydrogen-bond acceptors (Lipinski definition) is 7. The molecule has 0 radical (unpaired) electrons. The number of likely N-dealkylation sites (tertiary alicyclic amines) is 1. The Morgan fingerprint density at radius 3 is 2.72 bits per heavy atom. The lowest BCUT2D eigenvalue weighted by Gasteiger charge is -2.19. The fraction of sp³-hybridized carbons (Fsp3) is 0.529. The predicted octanol–water partition coefficient (Wildman–Crippen LogP) is 2.68. The van der Waals surface area contributed by atoms with Crippen LogP contribution in [0.4, 0.5) is 0 Å². The Morgan fingerprint density at radius 1 is 1.20 bits per heavy atom.